The van der Waals surface area contributed by atoms with Crippen molar-refractivity contribution >= 4 is 39.5 Å². The van der Waals surface area contributed by atoms with Gasteiger partial charge in [-0.1, -0.05) is 256 Å². The van der Waals surface area contributed by atoms with Crippen LogP contribution >= 0.6 is 15.6 Å². The van der Waals surface area contributed by atoms with Crippen molar-refractivity contribution in [3.8, 4) is 0 Å². The van der Waals surface area contributed by atoms with E-state index < -0.39 is 97.5 Å². The fourth-order valence-electron chi connectivity index (χ4n) is 8.94. The molecular formula is C79H128O17P2. The van der Waals surface area contributed by atoms with Gasteiger partial charge in [-0.05, 0) is 135 Å². The molecule has 0 aliphatic heterocycles. The Morgan fingerprint density at radius 2 is 0.602 bits per heavy atom. The van der Waals surface area contributed by atoms with Gasteiger partial charge in [0.05, 0.1) is 32.8 Å². The fraction of sp³-hybridized carbons (Fsp3) is 0.620. The molecule has 0 radical (unpaired) electrons. The third-order valence-corrected chi connectivity index (χ3v) is 16.4. The lowest BCUT2D eigenvalue weighted by molar-refractivity contribution is -0.161. The number of hydrogen-bond donors (Lipinski definition) is 3. The quantitative estimate of drug-likeness (QED) is 0.0169. The molecule has 98 heavy (non-hydrogen) atoms. The summed E-state index contributed by atoms with van der Waals surface area (Å²) in [5.74, 6) is -2.46. The molecule has 556 valence electrons. The standard InChI is InChI=1S/C79H128O17P2/c1-5-9-13-17-21-25-29-32-34-35-36-37-39-42-45-48-52-56-60-64-77(82)90-70-75(96-79(84)66-62-58-54-50-46-40-31-27-23-19-15-11-7-3)72-94-98(87,88)92-68-73(80)67-91-97(85,86)93-71-74(95-78(83)65-61-57-53-49-43-28-24-20-16-12-8-4)69-89-76(81)63-59-55-51-47-44-41-38-33-30-26-22-18-14-10-6-2/h9-10,13-14,20-22,24-27,31-34,36-38,42,44-45,47,52,55-56,59,73-75,80H,5-8,11-12,15-19,23,28-30,35,39-41,43,46,48-51,53-54,57-58,60-72H2,1-4H3,(H,85,86)(H,87,88)/b13-9-,14-10-,24-20-,25-21-,26-22-,31-27-,34-32-,37-36-,38-33-,45-42-,47-44-,56-52-,59-55-. The first kappa shape index (κ1) is 92.7. The molecule has 0 heterocycles. The topological polar surface area (TPSA) is 237 Å². The molecule has 0 saturated carbocycles. The minimum atomic E-state index is -5.00. The number of hydrogen-bond acceptors (Lipinski definition) is 15. The Kier molecular flexibility index (Phi) is 66.3. The van der Waals surface area contributed by atoms with Crippen LogP contribution in [0.3, 0.4) is 0 Å². The number of aliphatic hydroxyl groups excluding tert-OH is 1. The molecule has 19 heteroatoms. The number of rotatable bonds is 67. The first-order valence-electron chi connectivity index (χ1n) is 36.7. The smallest absolute Gasteiger partial charge is 0.462 e. The van der Waals surface area contributed by atoms with Crippen molar-refractivity contribution in [2.24, 2.45) is 0 Å². The SMILES string of the molecule is CC/C=C\C/C=C\C/C=C\C/C=C\C/C=C\C/C=C\CCC(=O)OCC(COP(=O)(O)OCC(O)COP(=O)(O)OCC(COC(=O)C/C=C\C/C=C\C/C=C\C/C=C\C/C=C\CC)OC(=O)CCCCCCC/C=C\CCCC)OC(=O)CCCCCCC/C=C\CCCCCC. The molecule has 5 unspecified atom stereocenters. The molecule has 0 fully saturated rings. The number of unbranched alkanes of at least 4 members (excludes halogenated alkanes) is 16. The summed E-state index contributed by atoms with van der Waals surface area (Å²) in [6, 6.07) is 0. The summed E-state index contributed by atoms with van der Waals surface area (Å²) in [4.78, 5) is 72.6. The van der Waals surface area contributed by atoms with E-state index in [4.69, 9.17) is 37.0 Å². The van der Waals surface area contributed by atoms with E-state index in [1.165, 1.54) is 32.1 Å². The maximum absolute atomic E-state index is 13.1. The summed E-state index contributed by atoms with van der Waals surface area (Å²) in [7, 11) is -10.0. The van der Waals surface area contributed by atoms with Gasteiger partial charge in [-0.15, -0.1) is 0 Å². The predicted octanol–water partition coefficient (Wildman–Crippen LogP) is 20.9. The zero-order chi connectivity index (χ0) is 71.8. The molecule has 0 amide bonds. The molecule has 0 rings (SSSR count). The van der Waals surface area contributed by atoms with E-state index in [2.05, 4.69) is 143 Å². The summed E-state index contributed by atoms with van der Waals surface area (Å²) in [5.41, 5.74) is 0. The van der Waals surface area contributed by atoms with Crippen LogP contribution in [0.1, 0.15) is 259 Å². The maximum Gasteiger partial charge on any atom is 0.472 e. The van der Waals surface area contributed by atoms with E-state index in [1.54, 1.807) is 6.08 Å². The second kappa shape index (κ2) is 70.1. The third kappa shape index (κ3) is 69.2. The lowest BCUT2D eigenvalue weighted by Crippen LogP contribution is -2.30. The minimum absolute atomic E-state index is 0.0282. The molecule has 0 saturated heterocycles. The number of ether oxygens (including phenoxy) is 4. The molecule has 5 atom stereocenters. The minimum Gasteiger partial charge on any atom is -0.462 e. The fourth-order valence-corrected chi connectivity index (χ4v) is 10.5. The zero-order valence-corrected chi connectivity index (χ0v) is 62.2. The van der Waals surface area contributed by atoms with E-state index in [9.17, 15) is 43.2 Å². The van der Waals surface area contributed by atoms with Crippen molar-refractivity contribution in [2.75, 3.05) is 39.6 Å². The van der Waals surface area contributed by atoms with Gasteiger partial charge in [0.2, 0.25) is 0 Å². The van der Waals surface area contributed by atoms with Gasteiger partial charge in [-0.3, -0.25) is 37.3 Å². The van der Waals surface area contributed by atoms with Gasteiger partial charge < -0.3 is 33.8 Å². The van der Waals surface area contributed by atoms with Crippen LogP contribution in [0, 0.1) is 0 Å². The highest BCUT2D eigenvalue weighted by molar-refractivity contribution is 7.47. The normalized spacial score (nSPS) is 14.9. The number of allylic oxidation sites excluding steroid dienone is 25. The first-order valence-corrected chi connectivity index (χ1v) is 39.7. The van der Waals surface area contributed by atoms with Gasteiger partial charge in [-0.25, -0.2) is 9.13 Å². The number of esters is 4. The molecule has 0 aliphatic rings. The molecule has 17 nitrogen and oxygen atoms in total. The Labute approximate surface area is 591 Å². The highest BCUT2D eigenvalue weighted by atomic mass is 31.2. The zero-order valence-electron chi connectivity index (χ0n) is 60.4. The molecular weight excluding hydrogens is 1280 g/mol. The van der Waals surface area contributed by atoms with Crippen LogP contribution in [0.15, 0.2) is 158 Å². The van der Waals surface area contributed by atoms with Crippen molar-refractivity contribution < 1.29 is 80.2 Å². The predicted molar refractivity (Wildman–Crippen MR) is 399 cm³/mol. The van der Waals surface area contributed by atoms with Crippen LogP contribution in [0.25, 0.3) is 0 Å². The van der Waals surface area contributed by atoms with E-state index >= 15 is 0 Å². The van der Waals surface area contributed by atoms with Gasteiger partial charge in [-0.2, -0.15) is 0 Å². The van der Waals surface area contributed by atoms with Gasteiger partial charge >= 0.3 is 39.5 Å². The van der Waals surface area contributed by atoms with Crippen molar-refractivity contribution in [3.05, 3.63) is 158 Å². The third-order valence-electron chi connectivity index (χ3n) is 14.5. The summed E-state index contributed by atoms with van der Waals surface area (Å²) in [6.45, 7) is 4.33. The largest absolute Gasteiger partial charge is 0.472 e. The summed E-state index contributed by atoms with van der Waals surface area (Å²) in [6.07, 6.45) is 80.1. The maximum atomic E-state index is 13.1. The van der Waals surface area contributed by atoms with Crippen LogP contribution in [0.5, 0.6) is 0 Å². The Morgan fingerprint density at radius 3 is 0.980 bits per heavy atom. The van der Waals surface area contributed by atoms with Crippen molar-refractivity contribution in [2.45, 2.75) is 277 Å². The Balaban J connectivity index is 5.46. The highest BCUT2D eigenvalue weighted by Gasteiger charge is 2.30. The van der Waals surface area contributed by atoms with Crippen molar-refractivity contribution in [1.29, 1.82) is 0 Å². The van der Waals surface area contributed by atoms with Gasteiger partial charge in [0.25, 0.3) is 0 Å². The summed E-state index contributed by atoms with van der Waals surface area (Å²) in [5, 5.41) is 10.6. The monoisotopic (exact) mass is 1410 g/mol. The van der Waals surface area contributed by atoms with Crippen LogP contribution in [0.4, 0.5) is 0 Å². The number of carbonyl (C=O) groups is 4. The van der Waals surface area contributed by atoms with E-state index in [1.807, 2.05) is 36.5 Å². The van der Waals surface area contributed by atoms with Crippen molar-refractivity contribution in [3.63, 3.8) is 0 Å². The number of carbonyl (C=O) groups excluding carboxylic acids is 4. The van der Waals surface area contributed by atoms with Gasteiger partial charge in [0.1, 0.15) is 19.3 Å². The van der Waals surface area contributed by atoms with Crippen LogP contribution < -0.4 is 0 Å². The van der Waals surface area contributed by atoms with Crippen LogP contribution in [0.2, 0.25) is 0 Å². The Hall–Kier alpha value is -5.32. The summed E-state index contributed by atoms with van der Waals surface area (Å²) < 4.78 is 68.1. The number of phosphoric acid groups is 2. The van der Waals surface area contributed by atoms with Gasteiger partial charge in [0, 0.05) is 19.3 Å². The average Bonchev–Trinajstić information content (AvgIpc) is 0.972. The molecule has 0 bridgehead atoms. The Bertz CT molecular complexity index is 2480. The summed E-state index contributed by atoms with van der Waals surface area (Å²) >= 11 is 0. The van der Waals surface area contributed by atoms with E-state index in [-0.39, 0.29) is 25.7 Å². The lowest BCUT2D eigenvalue weighted by atomic mass is 10.1. The average molecular weight is 1410 g/mol. The molecule has 0 aliphatic carbocycles. The molecule has 3 N–H and O–H groups in total. The molecule has 0 spiro atoms. The van der Waals surface area contributed by atoms with E-state index in [0.29, 0.717) is 32.1 Å². The lowest BCUT2D eigenvalue weighted by Gasteiger charge is -2.21. The highest BCUT2D eigenvalue weighted by Crippen LogP contribution is 2.45. The van der Waals surface area contributed by atoms with Crippen LogP contribution in [-0.4, -0.2) is 96.7 Å². The Morgan fingerprint density at radius 1 is 0.306 bits per heavy atom. The molecule has 0 aromatic carbocycles. The molecule has 0 aromatic heterocycles. The van der Waals surface area contributed by atoms with E-state index in [0.717, 1.165) is 141 Å². The number of phosphoric ester groups is 2. The molecule has 0 aromatic rings. The second-order valence-corrected chi connectivity index (χ2v) is 26.7. The second-order valence-electron chi connectivity index (χ2n) is 23.8. The number of aliphatic hydroxyl groups is 1. The van der Waals surface area contributed by atoms with Gasteiger partial charge in [0.15, 0.2) is 12.2 Å². The van der Waals surface area contributed by atoms with Crippen LogP contribution in [-0.2, 0) is 65.4 Å². The first-order chi connectivity index (χ1) is 47.7. The van der Waals surface area contributed by atoms with Crippen molar-refractivity contribution in [1.82, 2.24) is 0 Å².